The van der Waals surface area contributed by atoms with E-state index in [1.165, 1.54) is 66.6 Å². The van der Waals surface area contributed by atoms with Crippen molar-refractivity contribution in [1.29, 1.82) is 0 Å². The highest BCUT2D eigenvalue weighted by molar-refractivity contribution is 5.85. The Labute approximate surface area is 209 Å². The molecule has 34 heavy (non-hydrogen) atoms. The van der Waals surface area contributed by atoms with E-state index in [0.29, 0.717) is 17.8 Å². The molecule has 2 aliphatic carbocycles. The topological polar surface area (TPSA) is 21.7 Å². The first-order valence-electron chi connectivity index (χ1n) is 12.5. The van der Waals surface area contributed by atoms with Crippen molar-refractivity contribution in [2.24, 2.45) is 0 Å². The lowest BCUT2D eigenvalue weighted by atomic mass is 9.71. The molecule has 3 aromatic carbocycles. The van der Waals surface area contributed by atoms with Crippen molar-refractivity contribution in [2.75, 3.05) is 33.4 Å². The van der Waals surface area contributed by atoms with Gasteiger partial charge in [0.15, 0.2) is 0 Å². The van der Waals surface area contributed by atoms with Gasteiger partial charge in [0.2, 0.25) is 0 Å². The SMILES string of the molecule is COc1ccc2c(c1)C(c1ccc(OCCN3CCCC3)cc1)C1c3ccccc3CCC21.Cl. The predicted molar refractivity (Wildman–Crippen MR) is 140 cm³/mol. The summed E-state index contributed by atoms with van der Waals surface area (Å²) in [5, 5.41) is 0. The van der Waals surface area contributed by atoms with Crippen LogP contribution in [0.2, 0.25) is 0 Å². The van der Waals surface area contributed by atoms with E-state index in [-0.39, 0.29) is 12.4 Å². The Kier molecular flexibility index (Phi) is 6.85. The quantitative estimate of drug-likeness (QED) is 0.403. The van der Waals surface area contributed by atoms with Gasteiger partial charge in [0.05, 0.1) is 7.11 Å². The molecule has 0 spiro atoms. The maximum atomic E-state index is 6.09. The number of hydrogen-bond acceptors (Lipinski definition) is 3. The van der Waals surface area contributed by atoms with Crippen LogP contribution >= 0.6 is 12.4 Å². The summed E-state index contributed by atoms with van der Waals surface area (Å²) in [6.45, 7) is 4.23. The number of aryl methyl sites for hydroxylation is 1. The van der Waals surface area contributed by atoms with Gasteiger partial charge in [-0.3, -0.25) is 4.90 Å². The molecule has 1 fully saturated rings. The second kappa shape index (κ2) is 10.0. The van der Waals surface area contributed by atoms with E-state index in [1.807, 2.05) is 0 Å². The van der Waals surface area contributed by atoms with Crippen LogP contribution in [0.1, 0.15) is 64.8 Å². The Bertz CT molecular complexity index is 1120. The highest BCUT2D eigenvalue weighted by Gasteiger charge is 2.44. The third-order valence-electron chi connectivity index (χ3n) is 8.07. The lowest BCUT2D eigenvalue weighted by Gasteiger charge is -2.32. The molecule has 3 aliphatic rings. The molecule has 0 amide bonds. The number of rotatable bonds is 6. The molecule has 6 rings (SSSR count). The van der Waals surface area contributed by atoms with Crippen molar-refractivity contribution < 1.29 is 9.47 Å². The summed E-state index contributed by atoms with van der Waals surface area (Å²) in [5.41, 5.74) is 7.36. The largest absolute Gasteiger partial charge is 0.497 e. The van der Waals surface area contributed by atoms with Gasteiger partial charge in [-0.1, -0.05) is 42.5 Å². The fourth-order valence-electron chi connectivity index (χ4n) is 6.49. The second-order valence-corrected chi connectivity index (χ2v) is 9.81. The molecule has 3 atom stereocenters. The number of fused-ring (bicyclic) bond motifs is 5. The summed E-state index contributed by atoms with van der Waals surface area (Å²) in [7, 11) is 1.77. The smallest absolute Gasteiger partial charge is 0.119 e. The molecule has 4 heteroatoms. The maximum Gasteiger partial charge on any atom is 0.119 e. The van der Waals surface area contributed by atoms with Gasteiger partial charge in [0, 0.05) is 18.4 Å². The van der Waals surface area contributed by atoms with E-state index in [4.69, 9.17) is 9.47 Å². The summed E-state index contributed by atoms with van der Waals surface area (Å²) >= 11 is 0. The van der Waals surface area contributed by atoms with Crippen molar-refractivity contribution in [3.63, 3.8) is 0 Å². The zero-order valence-corrected chi connectivity index (χ0v) is 20.7. The first-order chi connectivity index (χ1) is 16.3. The monoisotopic (exact) mass is 475 g/mol. The summed E-state index contributed by atoms with van der Waals surface area (Å²) < 4.78 is 11.7. The molecule has 0 aromatic heterocycles. The van der Waals surface area contributed by atoms with Crippen molar-refractivity contribution >= 4 is 12.4 Å². The predicted octanol–water partition coefficient (Wildman–Crippen LogP) is 6.55. The third-order valence-corrected chi connectivity index (χ3v) is 8.07. The molecule has 1 aliphatic heterocycles. The highest BCUT2D eigenvalue weighted by atomic mass is 35.5. The Morgan fingerprint density at radius 3 is 2.41 bits per heavy atom. The average molecular weight is 476 g/mol. The standard InChI is InChI=1S/C30H33NO2.ClH/c1-32-24-13-15-26-27-14-10-21-6-2-3-7-25(21)30(27)29(28(26)20-24)22-8-11-23(12-9-22)33-19-18-31-16-4-5-17-31;/h2-3,6-9,11-13,15,20,27,29-30H,4-5,10,14,16-19H2,1H3;1H. The van der Waals surface area contributed by atoms with Crippen LogP contribution in [0.15, 0.2) is 66.7 Å². The molecule has 178 valence electrons. The van der Waals surface area contributed by atoms with Gasteiger partial charge in [-0.05, 0) is 96.8 Å². The molecule has 0 N–H and O–H groups in total. The summed E-state index contributed by atoms with van der Waals surface area (Å²) in [6, 6.07) is 24.7. The number of benzene rings is 3. The lowest BCUT2D eigenvalue weighted by Crippen LogP contribution is -2.25. The maximum absolute atomic E-state index is 6.09. The van der Waals surface area contributed by atoms with Crippen LogP contribution in [0.3, 0.4) is 0 Å². The molecular weight excluding hydrogens is 442 g/mol. The zero-order chi connectivity index (χ0) is 22.2. The normalized spacial score (nSPS) is 22.9. The molecule has 3 unspecified atom stereocenters. The highest BCUT2D eigenvalue weighted by Crippen LogP contribution is 2.59. The van der Waals surface area contributed by atoms with Crippen LogP contribution in [0.5, 0.6) is 11.5 Å². The molecule has 3 aromatic rings. The number of ether oxygens (including phenoxy) is 2. The van der Waals surface area contributed by atoms with Crippen LogP contribution in [-0.2, 0) is 6.42 Å². The Balaban J connectivity index is 0.00000241. The lowest BCUT2D eigenvalue weighted by molar-refractivity contribution is 0.237. The first-order valence-corrected chi connectivity index (χ1v) is 12.5. The Hall–Kier alpha value is -2.49. The van der Waals surface area contributed by atoms with E-state index in [2.05, 4.69) is 71.6 Å². The van der Waals surface area contributed by atoms with Crippen molar-refractivity contribution in [2.45, 2.75) is 43.4 Å². The van der Waals surface area contributed by atoms with Crippen LogP contribution in [0.25, 0.3) is 0 Å². The van der Waals surface area contributed by atoms with Crippen molar-refractivity contribution in [1.82, 2.24) is 4.90 Å². The Morgan fingerprint density at radius 1 is 0.853 bits per heavy atom. The minimum Gasteiger partial charge on any atom is -0.497 e. The Morgan fingerprint density at radius 2 is 1.62 bits per heavy atom. The molecular formula is C30H34ClNO2. The van der Waals surface area contributed by atoms with Crippen LogP contribution in [-0.4, -0.2) is 38.3 Å². The average Bonchev–Trinajstić information content (AvgIpc) is 3.50. The third kappa shape index (κ3) is 4.21. The van der Waals surface area contributed by atoms with E-state index < -0.39 is 0 Å². The van der Waals surface area contributed by atoms with Crippen LogP contribution < -0.4 is 9.47 Å². The summed E-state index contributed by atoms with van der Waals surface area (Å²) in [4.78, 5) is 2.50. The minimum absolute atomic E-state index is 0. The van der Waals surface area contributed by atoms with E-state index in [1.54, 1.807) is 7.11 Å². The van der Waals surface area contributed by atoms with E-state index >= 15 is 0 Å². The van der Waals surface area contributed by atoms with E-state index in [0.717, 1.165) is 24.7 Å². The van der Waals surface area contributed by atoms with Gasteiger partial charge in [0.1, 0.15) is 18.1 Å². The van der Waals surface area contributed by atoms with Crippen LogP contribution in [0.4, 0.5) is 0 Å². The number of likely N-dealkylation sites (tertiary alicyclic amines) is 1. The number of nitrogens with zero attached hydrogens (tertiary/aromatic N) is 1. The zero-order valence-electron chi connectivity index (χ0n) is 19.9. The van der Waals surface area contributed by atoms with Gasteiger partial charge < -0.3 is 9.47 Å². The second-order valence-electron chi connectivity index (χ2n) is 9.81. The minimum atomic E-state index is 0. The fourth-order valence-corrected chi connectivity index (χ4v) is 6.49. The number of methoxy groups -OCH3 is 1. The number of hydrogen-bond donors (Lipinski definition) is 0. The summed E-state index contributed by atoms with van der Waals surface area (Å²) in [5.74, 6) is 3.33. The van der Waals surface area contributed by atoms with Gasteiger partial charge in [-0.25, -0.2) is 0 Å². The van der Waals surface area contributed by atoms with Crippen LogP contribution in [0, 0.1) is 0 Å². The molecule has 1 saturated heterocycles. The summed E-state index contributed by atoms with van der Waals surface area (Å²) in [6.07, 6.45) is 5.04. The van der Waals surface area contributed by atoms with Gasteiger partial charge >= 0.3 is 0 Å². The molecule has 0 saturated carbocycles. The van der Waals surface area contributed by atoms with Gasteiger partial charge in [0.25, 0.3) is 0 Å². The molecule has 3 nitrogen and oxygen atoms in total. The fraction of sp³-hybridized carbons (Fsp3) is 0.400. The van der Waals surface area contributed by atoms with Gasteiger partial charge in [-0.15, -0.1) is 12.4 Å². The molecule has 0 radical (unpaired) electrons. The molecule has 1 heterocycles. The van der Waals surface area contributed by atoms with Crippen molar-refractivity contribution in [3.05, 3.63) is 94.5 Å². The first kappa shape index (κ1) is 23.3. The van der Waals surface area contributed by atoms with Gasteiger partial charge in [-0.2, -0.15) is 0 Å². The van der Waals surface area contributed by atoms with Crippen molar-refractivity contribution in [3.8, 4) is 11.5 Å². The van der Waals surface area contributed by atoms with E-state index in [9.17, 15) is 0 Å². The molecule has 0 bridgehead atoms. The number of halogens is 1.